The second-order valence-corrected chi connectivity index (χ2v) is 14.2. The van der Waals surface area contributed by atoms with Crippen molar-refractivity contribution in [2.24, 2.45) is 0 Å². The lowest BCUT2D eigenvalue weighted by atomic mass is 9.97. The van der Waals surface area contributed by atoms with Crippen molar-refractivity contribution in [2.75, 3.05) is 12.4 Å². The summed E-state index contributed by atoms with van der Waals surface area (Å²) >= 11 is 5.67. The molecule has 0 spiro atoms. The number of benzene rings is 3. The molecule has 1 saturated heterocycles. The predicted molar refractivity (Wildman–Crippen MR) is 208 cm³/mol. The quantitative estimate of drug-likeness (QED) is 0.0881. The van der Waals surface area contributed by atoms with Crippen molar-refractivity contribution >= 4 is 58.0 Å². The Kier molecular flexibility index (Phi) is 14.6. The maximum Gasteiger partial charge on any atom is 0.303 e. The number of carbonyl (C=O) groups excluding carboxylic acids is 5. The monoisotopic (exact) mass is 788 g/mol. The Hall–Kier alpha value is -5.76. The maximum absolute atomic E-state index is 14.3. The number of amides is 5. The van der Waals surface area contributed by atoms with Gasteiger partial charge in [0.25, 0.3) is 0 Å². The van der Waals surface area contributed by atoms with Crippen molar-refractivity contribution in [2.45, 2.75) is 82.6 Å². The molecule has 13 nitrogen and oxygen atoms in total. The zero-order valence-electron chi connectivity index (χ0n) is 31.0. The molecular weight excluding hydrogens is 743 g/mol. The summed E-state index contributed by atoms with van der Waals surface area (Å²) in [6.45, 7) is 2.31. The lowest BCUT2D eigenvalue weighted by Crippen LogP contribution is -2.61. The van der Waals surface area contributed by atoms with Crippen molar-refractivity contribution in [1.29, 1.82) is 0 Å². The molecule has 2 heterocycles. The molecule has 5 rings (SSSR count). The third-order valence-electron chi connectivity index (χ3n) is 9.80. The fourth-order valence-electron chi connectivity index (χ4n) is 6.78. The summed E-state index contributed by atoms with van der Waals surface area (Å²) in [4.78, 5) is 84.2. The smallest absolute Gasteiger partial charge is 0.303 e. The number of aryl methyl sites for hydroxylation is 1. The molecular formula is C41H46ClFN6O7. The summed E-state index contributed by atoms with van der Waals surface area (Å²) in [5, 5.41) is 21.2. The Morgan fingerprint density at radius 1 is 0.857 bits per heavy atom. The number of hydrogen-bond donors (Lipinski definition) is 6. The molecule has 296 valence electrons. The molecule has 6 N–H and O–H groups in total. The molecule has 56 heavy (non-hydrogen) atoms. The molecule has 3 unspecified atom stereocenters. The molecule has 4 atom stereocenters. The fourth-order valence-corrected chi connectivity index (χ4v) is 6.86. The van der Waals surface area contributed by atoms with Crippen molar-refractivity contribution < 1.29 is 38.3 Å². The highest BCUT2D eigenvalue weighted by molar-refractivity contribution is 6.27. The average molecular weight is 789 g/mol. The molecule has 3 aromatic carbocycles. The van der Waals surface area contributed by atoms with E-state index in [4.69, 9.17) is 11.6 Å². The number of likely N-dealkylation sites (tertiary alicyclic amines) is 1. The van der Waals surface area contributed by atoms with Crippen molar-refractivity contribution in [3.05, 3.63) is 107 Å². The first-order valence-corrected chi connectivity index (χ1v) is 19.1. The summed E-state index contributed by atoms with van der Waals surface area (Å²) in [5.74, 6) is -5.14. The highest BCUT2D eigenvalue weighted by Crippen LogP contribution is 2.22. The van der Waals surface area contributed by atoms with Gasteiger partial charge in [-0.15, -0.1) is 11.6 Å². The normalized spacial score (nSPS) is 15.6. The van der Waals surface area contributed by atoms with Crippen molar-refractivity contribution in [3.63, 3.8) is 0 Å². The average Bonchev–Trinajstić information content (AvgIpc) is 3.61. The van der Waals surface area contributed by atoms with Gasteiger partial charge < -0.3 is 36.3 Å². The largest absolute Gasteiger partial charge is 0.481 e. The van der Waals surface area contributed by atoms with Gasteiger partial charge >= 0.3 is 5.97 Å². The van der Waals surface area contributed by atoms with E-state index in [1.165, 1.54) is 29.2 Å². The maximum atomic E-state index is 14.3. The first kappa shape index (κ1) is 41.4. The Bertz CT molecular complexity index is 2020. The zero-order chi connectivity index (χ0) is 40.2. The van der Waals surface area contributed by atoms with Crippen LogP contribution in [0.15, 0.2) is 79.0 Å². The summed E-state index contributed by atoms with van der Waals surface area (Å²) in [5.41, 5.74) is 4.03. The van der Waals surface area contributed by atoms with E-state index in [1.807, 2.05) is 55.5 Å². The Morgan fingerprint density at radius 2 is 1.55 bits per heavy atom. The van der Waals surface area contributed by atoms with Gasteiger partial charge in [-0.3, -0.25) is 28.8 Å². The van der Waals surface area contributed by atoms with Crippen LogP contribution in [0.2, 0.25) is 0 Å². The number of aromatic amines is 1. The number of alkyl halides is 1. The second-order valence-electron chi connectivity index (χ2n) is 13.9. The molecule has 0 aliphatic carbocycles. The summed E-state index contributed by atoms with van der Waals surface area (Å²) in [6.07, 6.45) is 2.57. The van der Waals surface area contributed by atoms with Gasteiger partial charge in [0.2, 0.25) is 29.5 Å². The van der Waals surface area contributed by atoms with E-state index in [1.54, 1.807) is 6.20 Å². The molecule has 15 heteroatoms. The number of fused-ring (bicyclic) bond motifs is 1. The highest BCUT2D eigenvalue weighted by Gasteiger charge is 2.38. The Morgan fingerprint density at radius 3 is 2.27 bits per heavy atom. The minimum Gasteiger partial charge on any atom is -0.481 e. The van der Waals surface area contributed by atoms with E-state index in [2.05, 4.69) is 26.3 Å². The van der Waals surface area contributed by atoms with Crippen LogP contribution < -0.4 is 21.3 Å². The molecule has 0 radical (unpaired) electrons. The number of carbonyl (C=O) groups is 6. The molecule has 5 amide bonds. The highest BCUT2D eigenvalue weighted by atomic mass is 35.5. The minimum atomic E-state index is -1.23. The number of carboxylic acids is 1. The summed E-state index contributed by atoms with van der Waals surface area (Å²) in [7, 11) is 0. The van der Waals surface area contributed by atoms with E-state index in [0.717, 1.165) is 22.0 Å². The Balaban J connectivity index is 1.41. The van der Waals surface area contributed by atoms with Crippen molar-refractivity contribution in [3.8, 4) is 0 Å². The van der Waals surface area contributed by atoms with Crippen LogP contribution in [0.4, 0.5) is 4.39 Å². The van der Waals surface area contributed by atoms with E-state index >= 15 is 0 Å². The molecule has 1 aliphatic heterocycles. The summed E-state index contributed by atoms with van der Waals surface area (Å²) < 4.78 is 13.8. The van der Waals surface area contributed by atoms with Gasteiger partial charge in [-0.05, 0) is 67.5 Å². The SMILES string of the molecule is Cc1ccc(CNC(=O)C(Cc2ccc(F)cc2)NC(=O)C(Cc2c[nH]c3ccccc23)NC(=O)[C@@H]2CCCCN2C(=O)C(CCC(=O)O)NC(=O)CCl)cc1. The fraction of sp³-hybridized carbons (Fsp3) is 0.366. The number of hydrogen-bond acceptors (Lipinski definition) is 6. The van der Waals surface area contributed by atoms with Crippen LogP contribution in [0, 0.1) is 12.7 Å². The predicted octanol–water partition coefficient (Wildman–Crippen LogP) is 3.66. The van der Waals surface area contributed by atoms with Gasteiger partial charge in [0.05, 0.1) is 0 Å². The van der Waals surface area contributed by atoms with Gasteiger partial charge in [-0.1, -0.05) is 60.2 Å². The molecule has 0 bridgehead atoms. The molecule has 1 aliphatic rings. The van der Waals surface area contributed by atoms with E-state index in [9.17, 15) is 38.3 Å². The second kappa shape index (κ2) is 19.7. The number of halogens is 2. The first-order chi connectivity index (χ1) is 26.9. The van der Waals surface area contributed by atoms with Crippen LogP contribution in [-0.2, 0) is 48.2 Å². The molecule has 1 aromatic heterocycles. The van der Waals surface area contributed by atoms with E-state index < -0.39 is 77.8 Å². The van der Waals surface area contributed by atoms with Crippen molar-refractivity contribution in [1.82, 2.24) is 31.2 Å². The zero-order valence-corrected chi connectivity index (χ0v) is 31.7. The van der Waals surface area contributed by atoms with Crippen LogP contribution in [0.25, 0.3) is 10.9 Å². The van der Waals surface area contributed by atoms with Crippen LogP contribution in [0.3, 0.4) is 0 Å². The van der Waals surface area contributed by atoms with Gasteiger partial charge in [0, 0.05) is 49.5 Å². The number of carboxylic acid groups (broad SMARTS) is 1. The molecule has 0 saturated carbocycles. The number of para-hydroxylation sites is 1. The number of aliphatic carboxylic acids is 1. The van der Waals surface area contributed by atoms with Gasteiger partial charge in [0.15, 0.2) is 0 Å². The number of nitrogens with one attached hydrogen (secondary N) is 5. The lowest BCUT2D eigenvalue weighted by molar-refractivity contribution is -0.146. The Labute approximate surface area is 328 Å². The first-order valence-electron chi connectivity index (χ1n) is 18.5. The topological polar surface area (TPSA) is 190 Å². The van der Waals surface area contributed by atoms with E-state index in [0.29, 0.717) is 24.0 Å². The summed E-state index contributed by atoms with van der Waals surface area (Å²) in [6, 6.07) is 16.0. The third kappa shape index (κ3) is 11.4. The van der Waals surface area contributed by atoms with Crippen LogP contribution in [-0.4, -0.2) is 87.1 Å². The van der Waals surface area contributed by atoms with Crippen LogP contribution >= 0.6 is 11.6 Å². The number of aromatic nitrogens is 1. The number of piperidine rings is 1. The number of H-pyrrole nitrogens is 1. The number of rotatable bonds is 17. The van der Waals surface area contributed by atoms with Crippen LogP contribution in [0.5, 0.6) is 0 Å². The number of nitrogens with zero attached hydrogens (tertiary/aromatic N) is 1. The van der Waals surface area contributed by atoms with Gasteiger partial charge in [-0.25, -0.2) is 4.39 Å². The molecule has 1 fully saturated rings. The van der Waals surface area contributed by atoms with Gasteiger partial charge in [0.1, 0.15) is 35.9 Å². The minimum absolute atomic E-state index is 0.0174. The van der Waals surface area contributed by atoms with Crippen LogP contribution in [0.1, 0.15) is 54.4 Å². The van der Waals surface area contributed by atoms with Gasteiger partial charge in [-0.2, -0.15) is 0 Å². The third-order valence-corrected chi connectivity index (χ3v) is 10.0. The molecule has 4 aromatic rings. The lowest BCUT2D eigenvalue weighted by Gasteiger charge is -2.37. The standard InChI is InChI=1S/C41H46ClFN6O7/c1-25-9-11-27(12-10-25)23-45-38(53)33(20-26-13-15-29(43)16-14-26)47-39(54)34(21-28-24-44-31-7-3-2-6-30(28)31)48-40(55)35-8-4-5-19-49(35)41(56)32(17-18-37(51)52)46-36(50)22-42/h2-3,6-7,9-16,24,32-35,44H,4-5,8,17-23H2,1H3,(H,45,53)(H,46,50)(H,47,54)(H,48,55)(H,51,52)/t32?,33?,34?,35-/m0/s1. The van der Waals surface area contributed by atoms with E-state index in [-0.39, 0.29) is 38.8 Å².